The van der Waals surface area contributed by atoms with Gasteiger partial charge in [0.1, 0.15) is 0 Å². The van der Waals surface area contributed by atoms with Crippen molar-refractivity contribution in [2.24, 2.45) is 5.73 Å². The molecule has 1 aromatic carbocycles. The van der Waals surface area contributed by atoms with E-state index in [1.165, 1.54) is 0 Å². The van der Waals surface area contributed by atoms with Crippen LogP contribution in [0.5, 0.6) is 0 Å². The first-order valence-electron chi connectivity index (χ1n) is 4.64. The molecule has 1 rings (SSSR count). The van der Waals surface area contributed by atoms with Gasteiger partial charge < -0.3 is 5.73 Å². The van der Waals surface area contributed by atoms with Crippen LogP contribution in [0.3, 0.4) is 0 Å². The first-order valence-corrected chi connectivity index (χ1v) is 5.02. The van der Waals surface area contributed by atoms with Crippen LogP contribution < -0.4 is 5.73 Å². The molecule has 0 saturated heterocycles. The van der Waals surface area contributed by atoms with Crippen molar-refractivity contribution >= 4 is 17.4 Å². The number of nitrogens with two attached hydrogens (primary N) is 1. The molecule has 14 heavy (non-hydrogen) atoms. The maximum Gasteiger partial charge on any atom is 0.163 e. The number of Topliss-reactive ketones (excluding diaryl/α,β-unsaturated/α-hetero) is 1. The number of hydrogen-bond donors (Lipinski definition) is 1. The normalized spacial score (nSPS) is 10.2. The van der Waals surface area contributed by atoms with Crippen molar-refractivity contribution in [2.45, 2.75) is 19.8 Å². The van der Waals surface area contributed by atoms with Crippen LogP contribution in [0.1, 0.15) is 28.8 Å². The number of ketones is 1. The Labute approximate surface area is 89.1 Å². The molecule has 0 aliphatic rings. The zero-order chi connectivity index (χ0) is 10.6. The van der Waals surface area contributed by atoms with Crippen LogP contribution >= 0.6 is 11.6 Å². The molecule has 0 saturated carbocycles. The summed E-state index contributed by atoms with van der Waals surface area (Å²) in [5, 5.41) is 0.603. The van der Waals surface area contributed by atoms with E-state index in [2.05, 4.69) is 0 Å². The van der Waals surface area contributed by atoms with Crippen LogP contribution in [0.4, 0.5) is 0 Å². The van der Waals surface area contributed by atoms with E-state index < -0.39 is 0 Å². The molecule has 1 aromatic rings. The number of hydrogen-bond acceptors (Lipinski definition) is 2. The molecule has 0 amide bonds. The molecule has 0 heterocycles. The lowest BCUT2D eigenvalue weighted by atomic mass is 10.0. The van der Waals surface area contributed by atoms with Crippen molar-refractivity contribution in [2.75, 3.05) is 6.54 Å². The number of rotatable bonds is 4. The summed E-state index contributed by atoms with van der Waals surface area (Å²) in [6.07, 6.45) is 1.22. The zero-order valence-corrected chi connectivity index (χ0v) is 8.97. The van der Waals surface area contributed by atoms with Gasteiger partial charge in [0.05, 0.1) is 0 Å². The topological polar surface area (TPSA) is 43.1 Å². The number of halogens is 1. The molecule has 0 fully saturated rings. The summed E-state index contributed by atoms with van der Waals surface area (Å²) in [6.45, 7) is 2.46. The minimum atomic E-state index is 0.121. The molecule has 0 aromatic heterocycles. The lowest BCUT2D eigenvalue weighted by Crippen LogP contribution is -2.06. The average Bonchev–Trinajstić information content (AvgIpc) is 2.18. The highest BCUT2D eigenvalue weighted by atomic mass is 35.5. The summed E-state index contributed by atoms with van der Waals surface area (Å²) in [6, 6.07) is 5.37. The van der Waals surface area contributed by atoms with E-state index >= 15 is 0 Å². The van der Waals surface area contributed by atoms with Crippen LogP contribution in [0, 0.1) is 6.92 Å². The summed E-state index contributed by atoms with van der Waals surface area (Å²) in [7, 11) is 0. The highest BCUT2D eigenvalue weighted by Crippen LogP contribution is 2.17. The fraction of sp³-hybridized carbons (Fsp3) is 0.364. The Morgan fingerprint density at radius 2 is 2.21 bits per heavy atom. The third kappa shape index (κ3) is 2.82. The van der Waals surface area contributed by atoms with Gasteiger partial charge in [-0.05, 0) is 37.6 Å². The predicted octanol–water partition coefficient (Wildman–Crippen LogP) is 2.57. The van der Waals surface area contributed by atoms with Gasteiger partial charge in [-0.3, -0.25) is 4.79 Å². The standard InChI is InChI=1S/C11H14ClNO/c1-8-4-5-9(12)7-10(8)11(14)3-2-6-13/h4-5,7H,2-3,6,13H2,1H3. The molecular formula is C11H14ClNO. The number of carbonyl (C=O) groups excluding carboxylic acids is 1. The van der Waals surface area contributed by atoms with E-state index in [1.54, 1.807) is 12.1 Å². The maximum absolute atomic E-state index is 11.7. The van der Waals surface area contributed by atoms with Gasteiger partial charge in [0.15, 0.2) is 5.78 Å². The summed E-state index contributed by atoms with van der Waals surface area (Å²) in [4.78, 5) is 11.7. The first kappa shape index (κ1) is 11.2. The third-order valence-corrected chi connectivity index (χ3v) is 2.34. The molecule has 0 unspecified atom stereocenters. The van der Waals surface area contributed by atoms with Crippen LogP contribution in [-0.2, 0) is 0 Å². The highest BCUT2D eigenvalue weighted by molar-refractivity contribution is 6.31. The van der Waals surface area contributed by atoms with Gasteiger partial charge in [0, 0.05) is 17.0 Å². The van der Waals surface area contributed by atoms with Crippen LogP contribution in [0.15, 0.2) is 18.2 Å². The molecule has 0 bridgehead atoms. The van der Waals surface area contributed by atoms with Crippen molar-refractivity contribution in [1.82, 2.24) is 0 Å². The Kier molecular flexibility index (Phi) is 4.11. The van der Waals surface area contributed by atoms with Crippen molar-refractivity contribution in [3.8, 4) is 0 Å². The molecule has 76 valence electrons. The quantitative estimate of drug-likeness (QED) is 0.778. The number of benzene rings is 1. The minimum Gasteiger partial charge on any atom is -0.330 e. The smallest absolute Gasteiger partial charge is 0.163 e. The van der Waals surface area contributed by atoms with Crippen molar-refractivity contribution in [3.63, 3.8) is 0 Å². The highest BCUT2D eigenvalue weighted by Gasteiger charge is 2.08. The Morgan fingerprint density at radius 3 is 2.86 bits per heavy atom. The Morgan fingerprint density at radius 1 is 1.50 bits per heavy atom. The maximum atomic E-state index is 11.7. The molecule has 3 heteroatoms. The molecule has 0 radical (unpaired) electrons. The van der Waals surface area contributed by atoms with E-state index in [9.17, 15) is 4.79 Å². The Hall–Kier alpha value is -0.860. The van der Waals surface area contributed by atoms with Gasteiger partial charge in [-0.2, -0.15) is 0 Å². The molecule has 0 atom stereocenters. The monoisotopic (exact) mass is 211 g/mol. The van der Waals surface area contributed by atoms with Gasteiger partial charge >= 0.3 is 0 Å². The lowest BCUT2D eigenvalue weighted by molar-refractivity contribution is 0.0980. The lowest BCUT2D eigenvalue weighted by Gasteiger charge is -2.04. The van der Waals surface area contributed by atoms with E-state index in [0.717, 1.165) is 12.0 Å². The number of aryl methyl sites for hydroxylation is 1. The molecule has 0 aliphatic carbocycles. The summed E-state index contributed by atoms with van der Waals surface area (Å²) >= 11 is 5.82. The molecular weight excluding hydrogens is 198 g/mol. The SMILES string of the molecule is Cc1ccc(Cl)cc1C(=O)CCCN. The van der Waals surface area contributed by atoms with Crippen LogP contribution in [0.25, 0.3) is 0 Å². The second kappa shape index (κ2) is 5.13. The van der Waals surface area contributed by atoms with Gasteiger partial charge in [-0.1, -0.05) is 17.7 Å². The predicted molar refractivity (Wildman–Crippen MR) is 58.8 cm³/mol. The third-order valence-electron chi connectivity index (χ3n) is 2.11. The average molecular weight is 212 g/mol. The molecule has 0 spiro atoms. The van der Waals surface area contributed by atoms with Gasteiger partial charge in [-0.15, -0.1) is 0 Å². The second-order valence-corrected chi connectivity index (χ2v) is 3.71. The molecule has 2 N–H and O–H groups in total. The first-order chi connectivity index (χ1) is 6.65. The van der Waals surface area contributed by atoms with Gasteiger partial charge in [-0.25, -0.2) is 0 Å². The summed E-state index contributed by atoms with van der Waals surface area (Å²) < 4.78 is 0. The van der Waals surface area contributed by atoms with E-state index in [4.69, 9.17) is 17.3 Å². The number of carbonyl (C=O) groups is 1. The van der Waals surface area contributed by atoms with Crippen LogP contribution in [0.2, 0.25) is 5.02 Å². The largest absolute Gasteiger partial charge is 0.330 e. The minimum absolute atomic E-state index is 0.121. The van der Waals surface area contributed by atoms with E-state index in [-0.39, 0.29) is 5.78 Å². The van der Waals surface area contributed by atoms with E-state index in [0.29, 0.717) is 23.6 Å². The van der Waals surface area contributed by atoms with Crippen molar-refractivity contribution < 1.29 is 4.79 Å². The Bertz CT molecular complexity index is 336. The van der Waals surface area contributed by atoms with Crippen molar-refractivity contribution in [1.29, 1.82) is 0 Å². The summed E-state index contributed by atoms with van der Waals surface area (Å²) in [5.41, 5.74) is 7.03. The Balaban J connectivity index is 2.83. The van der Waals surface area contributed by atoms with E-state index in [1.807, 2.05) is 13.0 Å². The fourth-order valence-electron chi connectivity index (χ4n) is 1.29. The zero-order valence-electron chi connectivity index (χ0n) is 8.22. The molecule has 2 nitrogen and oxygen atoms in total. The van der Waals surface area contributed by atoms with Crippen molar-refractivity contribution in [3.05, 3.63) is 34.3 Å². The van der Waals surface area contributed by atoms with Gasteiger partial charge in [0.25, 0.3) is 0 Å². The van der Waals surface area contributed by atoms with Gasteiger partial charge in [0.2, 0.25) is 0 Å². The van der Waals surface area contributed by atoms with Crippen LogP contribution in [-0.4, -0.2) is 12.3 Å². The fourth-order valence-corrected chi connectivity index (χ4v) is 1.46. The molecule has 0 aliphatic heterocycles. The second-order valence-electron chi connectivity index (χ2n) is 3.27. The summed E-state index contributed by atoms with van der Waals surface area (Å²) in [5.74, 6) is 0.121.